The highest BCUT2D eigenvalue weighted by atomic mass is 127. The third-order valence-corrected chi connectivity index (χ3v) is 6.32. The molecule has 2 heterocycles. The average Bonchev–Trinajstić information content (AvgIpc) is 2.92. The van der Waals surface area contributed by atoms with Crippen LogP contribution in [0.2, 0.25) is 0 Å². The number of hydrogen-bond donors (Lipinski definition) is 0. The lowest BCUT2D eigenvalue weighted by Crippen LogP contribution is -2.41. The van der Waals surface area contributed by atoms with Crippen molar-refractivity contribution in [3.05, 3.63) is 23.9 Å². The Morgan fingerprint density at radius 1 is 1.27 bits per heavy atom. The van der Waals surface area contributed by atoms with Crippen LogP contribution in [-0.4, -0.2) is 34.2 Å². The van der Waals surface area contributed by atoms with E-state index in [-0.39, 0.29) is 11.2 Å². The predicted molar refractivity (Wildman–Crippen MR) is 98.6 cm³/mol. The van der Waals surface area contributed by atoms with E-state index in [0.717, 1.165) is 22.7 Å². The normalized spacial score (nSPS) is 20.3. The lowest BCUT2D eigenvalue weighted by Gasteiger charge is -2.32. The van der Waals surface area contributed by atoms with Gasteiger partial charge < -0.3 is 9.31 Å². The fourth-order valence-electron chi connectivity index (χ4n) is 2.44. The summed E-state index contributed by atoms with van der Waals surface area (Å²) in [4.78, 5) is 11.3. The number of nitrogens with zero attached hydrogens (tertiary/aromatic N) is 2. The number of hydrogen-bond acceptors (Lipinski definition) is 4. The first-order valence-corrected chi connectivity index (χ1v) is 11.1. The molecule has 1 aromatic carbocycles. The van der Waals surface area contributed by atoms with Gasteiger partial charge in [-0.1, -0.05) is 12.1 Å². The van der Waals surface area contributed by atoms with Crippen LogP contribution in [0.25, 0.3) is 10.9 Å². The first-order valence-electron chi connectivity index (χ1n) is 6.99. The minimum Gasteiger partial charge on any atom is -0.399 e. The van der Waals surface area contributed by atoms with Crippen molar-refractivity contribution in [3.63, 3.8) is 0 Å². The second-order valence-corrected chi connectivity index (χ2v) is 8.40. The van der Waals surface area contributed by atoms with Crippen LogP contribution in [0.15, 0.2) is 18.2 Å². The molecular formula is C14H17BIN2O3P. The molecule has 0 spiro atoms. The van der Waals surface area contributed by atoms with Crippen molar-refractivity contribution in [2.45, 2.75) is 38.9 Å². The third kappa shape index (κ3) is 2.52. The van der Waals surface area contributed by atoms with E-state index in [9.17, 15) is 4.79 Å². The van der Waals surface area contributed by atoms with Crippen LogP contribution in [0.1, 0.15) is 38.2 Å². The van der Waals surface area contributed by atoms with E-state index < -0.39 is 7.12 Å². The van der Waals surface area contributed by atoms with Crippen molar-refractivity contribution in [2.24, 2.45) is 0 Å². The van der Waals surface area contributed by atoms with E-state index >= 15 is 0 Å². The first-order chi connectivity index (χ1) is 10.3. The third-order valence-electron chi connectivity index (χ3n) is 4.45. The van der Waals surface area contributed by atoms with E-state index in [0.29, 0.717) is 12.1 Å². The Balaban J connectivity index is 2.05. The van der Waals surface area contributed by atoms with Gasteiger partial charge in [0.1, 0.15) is 5.69 Å². The molecule has 5 nitrogen and oxygen atoms in total. The molecule has 0 radical (unpaired) electrons. The zero-order valence-electron chi connectivity index (χ0n) is 12.9. The zero-order valence-corrected chi connectivity index (χ0v) is 16.0. The highest BCUT2D eigenvalue weighted by molar-refractivity contribution is 14.2. The number of rotatable bonds is 3. The minimum atomic E-state index is -0.431. The summed E-state index contributed by atoms with van der Waals surface area (Å²) in [5.74, 6) is 0. The van der Waals surface area contributed by atoms with Gasteiger partial charge in [-0.25, -0.2) is 4.45 Å². The molecule has 116 valence electrons. The summed E-state index contributed by atoms with van der Waals surface area (Å²) in [5.41, 5.74) is 1.56. The van der Waals surface area contributed by atoms with E-state index in [4.69, 9.17) is 9.31 Å². The van der Waals surface area contributed by atoms with E-state index in [1.807, 2.05) is 50.3 Å². The van der Waals surface area contributed by atoms with Crippen molar-refractivity contribution >= 4 is 58.2 Å². The molecule has 8 heteroatoms. The highest BCUT2D eigenvalue weighted by Crippen LogP contribution is 2.37. The molecule has 1 aromatic heterocycles. The van der Waals surface area contributed by atoms with Crippen LogP contribution in [0.5, 0.6) is 0 Å². The van der Waals surface area contributed by atoms with Gasteiger partial charge in [-0.05, 0) is 61.3 Å². The molecule has 1 saturated heterocycles. The summed E-state index contributed by atoms with van der Waals surface area (Å²) in [6.07, 6.45) is 1.24. The first kappa shape index (κ1) is 16.4. The van der Waals surface area contributed by atoms with Crippen molar-refractivity contribution in [3.8, 4) is 0 Å². The zero-order chi connectivity index (χ0) is 16.1. The Labute approximate surface area is 144 Å². The minimum absolute atomic E-state index is 0.381. The maximum Gasteiger partial charge on any atom is 0.494 e. The van der Waals surface area contributed by atoms with Crippen LogP contribution < -0.4 is 5.46 Å². The molecule has 1 aliphatic heterocycles. The van der Waals surface area contributed by atoms with Crippen molar-refractivity contribution in [1.29, 1.82) is 0 Å². The number of fused-ring (bicyclic) bond motifs is 1. The van der Waals surface area contributed by atoms with Crippen molar-refractivity contribution in [2.75, 3.05) is 0 Å². The number of benzene rings is 1. The van der Waals surface area contributed by atoms with Gasteiger partial charge in [-0.15, -0.1) is 0 Å². The maximum atomic E-state index is 11.3. The number of halogens is 1. The van der Waals surface area contributed by atoms with Crippen LogP contribution >= 0.6 is 28.4 Å². The molecule has 0 N–H and O–H groups in total. The van der Waals surface area contributed by atoms with Gasteiger partial charge in [0, 0.05) is 5.39 Å². The van der Waals surface area contributed by atoms with Gasteiger partial charge in [0.2, 0.25) is 0 Å². The summed E-state index contributed by atoms with van der Waals surface area (Å²) in [5, 5.41) is 5.16. The summed E-state index contributed by atoms with van der Waals surface area (Å²) in [7, 11) is -0.431. The summed E-state index contributed by atoms with van der Waals surface area (Å²) < 4.78 is 14.0. The number of aromatic nitrogens is 2. The summed E-state index contributed by atoms with van der Waals surface area (Å²) in [6.45, 7) is 8.10. The van der Waals surface area contributed by atoms with Gasteiger partial charge in [-0.3, -0.25) is 4.79 Å². The molecule has 0 saturated carbocycles. The standard InChI is InChI=1S/C14H17BIN2O3P/c1-13(2)14(3,4)21-15(20-13)9-5-6-12-10(7-9)11(8-19)17-18(12)22-16/h5-8,22H,1-4H3. The van der Waals surface area contributed by atoms with Gasteiger partial charge in [0.15, 0.2) is 6.29 Å². The quantitative estimate of drug-likeness (QED) is 0.326. The second-order valence-electron chi connectivity index (χ2n) is 6.36. The summed E-state index contributed by atoms with van der Waals surface area (Å²) >= 11 is 2.25. The van der Waals surface area contributed by atoms with Crippen LogP contribution in [0.3, 0.4) is 0 Å². The predicted octanol–water partition coefficient (Wildman–Crippen LogP) is 2.94. The number of carbonyl (C=O) groups is 1. The molecule has 1 aliphatic rings. The van der Waals surface area contributed by atoms with Crippen molar-refractivity contribution in [1.82, 2.24) is 9.55 Å². The van der Waals surface area contributed by atoms with Gasteiger partial charge in [0.05, 0.1) is 23.1 Å². The molecule has 0 amide bonds. The van der Waals surface area contributed by atoms with E-state index in [1.165, 1.54) is 0 Å². The van der Waals surface area contributed by atoms with Crippen LogP contribution in [-0.2, 0) is 9.31 Å². The Bertz CT molecular complexity index is 731. The molecule has 1 unspecified atom stereocenters. The largest absolute Gasteiger partial charge is 0.494 e. The van der Waals surface area contributed by atoms with E-state index in [1.54, 1.807) is 0 Å². The molecule has 2 aromatic rings. The Kier molecular flexibility index (Phi) is 4.13. The van der Waals surface area contributed by atoms with Crippen LogP contribution in [0, 0.1) is 0 Å². The lowest BCUT2D eigenvalue weighted by molar-refractivity contribution is 0.00578. The molecule has 0 aliphatic carbocycles. The molecule has 22 heavy (non-hydrogen) atoms. The molecule has 1 atom stereocenters. The Hall–Kier alpha value is -0.495. The topological polar surface area (TPSA) is 53.3 Å². The number of carbonyl (C=O) groups excluding carboxylic acids is 1. The molecular weight excluding hydrogens is 413 g/mol. The van der Waals surface area contributed by atoms with Gasteiger partial charge in [0.25, 0.3) is 0 Å². The van der Waals surface area contributed by atoms with Gasteiger partial charge >= 0.3 is 7.12 Å². The fraction of sp³-hybridized carbons (Fsp3) is 0.429. The molecule has 0 bridgehead atoms. The fourth-order valence-corrected chi connectivity index (χ4v) is 3.97. The Morgan fingerprint density at radius 3 is 2.45 bits per heavy atom. The highest BCUT2D eigenvalue weighted by Gasteiger charge is 2.51. The number of aldehydes is 1. The maximum absolute atomic E-state index is 11.3. The lowest BCUT2D eigenvalue weighted by atomic mass is 9.78. The van der Waals surface area contributed by atoms with Crippen LogP contribution in [0.4, 0.5) is 0 Å². The smallest absolute Gasteiger partial charge is 0.399 e. The SMILES string of the molecule is CC1(C)OB(c2ccc3c(c2)c(C=O)nn3PI)OC1(C)C. The average molecular weight is 430 g/mol. The summed E-state index contributed by atoms with van der Waals surface area (Å²) in [6, 6.07) is 5.90. The second kappa shape index (κ2) is 5.55. The molecule has 1 fully saturated rings. The van der Waals surface area contributed by atoms with Crippen molar-refractivity contribution < 1.29 is 14.1 Å². The van der Waals surface area contributed by atoms with E-state index in [2.05, 4.69) is 27.1 Å². The Morgan fingerprint density at radius 2 is 1.91 bits per heavy atom. The van der Waals surface area contributed by atoms with Gasteiger partial charge in [-0.2, -0.15) is 5.10 Å². The molecule has 3 rings (SSSR count). The monoisotopic (exact) mass is 430 g/mol.